The van der Waals surface area contributed by atoms with Gasteiger partial charge in [-0.05, 0) is 73.3 Å². The topological polar surface area (TPSA) is 20.2 Å². The molecule has 1 aromatic rings. The van der Waals surface area contributed by atoms with Crippen molar-refractivity contribution in [3.63, 3.8) is 0 Å². The Morgan fingerprint density at radius 3 is 2.15 bits per heavy atom. The van der Waals surface area contributed by atoms with Crippen LogP contribution in [0.1, 0.15) is 44.1 Å². The van der Waals surface area contributed by atoms with Gasteiger partial charge in [-0.1, -0.05) is 29.8 Å². The van der Waals surface area contributed by atoms with Gasteiger partial charge in [-0.15, -0.1) is 0 Å². The molecule has 20 heavy (non-hydrogen) atoms. The standard InChI is InChI=1S/C18H23ClO/c19-16-4-2-1-3-15(16)8-17(20)18-9-12-5-13(10-18)7-14(6-12)11-18/h1-4,12-14,17,20H,5-11H2. The first kappa shape index (κ1) is 13.2. The highest BCUT2D eigenvalue weighted by molar-refractivity contribution is 6.31. The van der Waals surface area contributed by atoms with Crippen LogP contribution in [0.3, 0.4) is 0 Å². The number of benzene rings is 1. The third-order valence-corrected chi connectivity index (χ3v) is 6.53. The van der Waals surface area contributed by atoms with E-state index in [1.54, 1.807) is 0 Å². The third kappa shape index (κ3) is 2.10. The van der Waals surface area contributed by atoms with Crippen molar-refractivity contribution in [3.05, 3.63) is 34.9 Å². The second kappa shape index (κ2) is 4.74. The summed E-state index contributed by atoms with van der Waals surface area (Å²) in [5, 5.41) is 11.7. The largest absolute Gasteiger partial charge is 0.392 e. The highest BCUT2D eigenvalue weighted by Crippen LogP contribution is 2.61. The van der Waals surface area contributed by atoms with Crippen molar-refractivity contribution in [2.45, 2.75) is 51.0 Å². The van der Waals surface area contributed by atoms with Gasteiger partial charge >= 0.3 is 0 Å². The maximum Gasteiger partial charge on any atom is 0.0637 e. The van der Waals surface area contributed by atoms with E-state index in [1.165, 1.54) is 38.5 Å². The van der Waals surface area contributed by atoms with Gasteiger partial charge in [0.15, 0.2) is 0 Å². The van der Waals surface area contributed by atoms with Crippen molar-refractivity contribution < 1.29 is 5.11 Å². The van der Waals surface area contributed by atoms with Crippen molar-refractivity contribution in [2.24, 2.45) is 23.2 Å². The third-order valence-electron chi connectivity index (χ3n) is 6.16. The van der Waals surface area contributed by atoms with E-state index in [2.05, 4.69) is 6.07 Å². The summed E-state index contributed by atoms with van der Waals surface area (Å²) < 4.78 is 0. The quantitative estimate of drug-likeness (QED) is 0.871. The molecule has 0 radical (unpaired) electrons. The molecule has 0 amide bonds. The molecule has 1 N–H and O–H groups in total. The first-order chi connectivity index (χ1) is 9.64. The van der Waals surface area contributed by atoms with E-state index >= 15 is 0 Å². The Hall–Kier alpha value is -0.530. The molecule has 1 atom stereocenters. The predicted molar refractivity (Wildman–Crippen MR) is 81.8 cm³/mol. The molecule has 0 aliphatic heterocycles. The van der Waals surface area contributed by atoms with Crippen LogP contribution < -0.4 is 0 Å². The zero-order valence-corrected chi connectivity index (χ0v) is 12.6. The minimum Gasteiger partial charge on any atom is -0.392 e. The van der Waals surface area contributed by atoms with Crippen LogP contribution in [0, 0.1) is 23.2 Å². The van der Waals surface area contributed by atoms with Crippen molar-refractivity contribution in [3.8, 4) is 0 Å². The van der Waals surface area contributed by atoms with Crippen molar-refractivity contribution in [1.82, 2.24) is 0 Å². The van der Waals surface area contributed by atoms with E-state index in [0.717, 1.165) is 34.8 Å². The molecule has 4 bridgehead atoms. The normalized spacial score (nSPS) is 40.0. The Bertz CT molecular complexity index is 475. The molecule has 0 spiro atoms. The fourth-order valence-corrected chi connectivity index (χ4v) is 5.89. The fraction of sp³-hybridized carbons (Fsp3) is 0.667. The lowest BCUT2D eigenvalue weighted by molar-refractivity contribution is -0.119. The van der Waals surface area contributed by atoms with Crippen molar-refractivity contribution in [1.29, 1.82) is 0 Å². The average molecular weight is 291 g/mol. The molecule has 4 aliphatic rings. The monoisotopic (exact) mass is 290 g/mol. The Balaban J connectivity index is 1.56. The van der Waals surface area contributed by atoms with Gasteiger partial charge in [0.05, 0.1) is 6.10 Å². The predicted octanol–water partition coefficient (Wildman–Crippen LogP) is 4.46. The molecule has 4 fully saturated rings. The molecule has 1 nitrogen and oxygen atoms in total. The fourth-order valence-electron chi connectivity index (χ4n) is 5.67. The summed E-state index contributed by atoms with van der Waals surface area (Å²) in [4.78, 5) is 0. The summed E-state index contributed by atoms with van der Waals surface area (Å²) in [5.74, 6) is 2.67. The summed E-state index contributed by atoms with van der Waals surface area (Å²) in [6, 6.07) is 7.98. The second-order valence-electron chi connectivity index (χ2n) is 7.59. The van der Waals surface area contributed by atoms with Crippen LogP contribution in [0.4, 0.5) is 0 Å². The second-order valence-corrected chi connectivity index (χ2v) is 8.00. The van der Waals surface area contributed by atoms with E-state index in [0.29, 0.717) is 0 Å². The van der Waals surface area contributed by atoms with E-state index in [4.69, 9.17) is 11.6 Å². The SMILES string of the molecule is OC(Cc1ccccc1Cl)C12CC3CC(CC(C3)C1)C2. The summed E-state index contributed by atoms with van der Waals surface area (Å²) in [5.41, 5.74) is 1.31. The highest BCUT2D eigenvalue weighted by Gasteiger charge is 2.53. The van der Waals surface area contributed by atoms with Gasteiger partial charge in [0.2, 0.25) is 0 Å². The minimum absolute atomic E-state index is 0.202. The van der Waals surface area contributed by atoms with Gasteiger partial charge in [0, 0.05) is 11.4 Å². The number of rotatable bonds is 3. The van der Waals surface area contributed by atoms with Crippen LogP contribution in [0.15, 0.2) is 24.3 Å². The summed E-state index contributed by atoms with van der Waals surface area (Å²) in [7, 11) is 0. The van der Waals surface area contributed by atoms with Crippen LogP contribution in [0.25, 0.3) is 0 Å². The summed E-state index contributed by atoms with van der Waals surface area (Å²) in [6.07, 6.45) is 8.57. The molecule has 4 aliphatic carbocycles. The molecule has 1 aromatic carbocycles. The molecular weight excluding hydrogens is 268 g/mol. The van der Waals surface area contributed by atoms with Crippen LogP contribution in [0.2, 0.25) is 5.02 Å². The van der Waals surface area contributed by atoms with E-state index < -0.39 is 0 Å². The maximum absolute atomic E-state index is 10.9. The average Bonchev–Trinajstić information content (AvgIpc) is 2.40. The van der Waals surface area contributed by atoms with Gasteiger partial charge in [-0.25, -0.2) is 0 Å². The lowest BCUT2D eigenvalue weighted by Gasteiger charge is -2.58. The number of aliphatic hydroxyl groups excluding tert-OH is 1. The first-order valence-corrected chi connectivity index (χ1v) is 8.44. The van der Waals surface area contributed by atoms with E-state index in [-0.39, 0.29) is 11.5 Å². The van der Waals surface area contributed by atoms with Crippen molar-refractivity contribution >= 4 is 11.6 Å². The zero-order valence-electron chi connectivity index (χ0n) is 11.9. The zero-order chi connectivity index (χ0) is 13.7. The molecule has 5 rings (SSSR count). The Morgan fingerprint density at radius 1 is 1.05 bits per heavy atom. The summed E-state index contributed by atoms with van der Waals surface area (Å²) >= 11 is 6.26. The smallest absolute Gasteiger partial charge is 0.0637 e. The van der Waals surface area contributed by atoms with Crippen molar-refractivity contribution in [2.75, 3.05) is 0 Å². The Labute approximate surface area is 126 Å². The summed E-state index contributed by atoms with van der Waals surface area (Å²) in [6.45, 7) is 0. The molecule has 0 aromatic heterocycles. The maximum atomic E-state index is 10.9. The number of aliphatic hydroxyl groups is 1. The highest BCUT2D eigenvalue weighted by atomic mass is 35.5. The van der Waals surface area contributed by atoms with Crippen LogP contribution in [-0.4, -0.2) is 11.2 Å². The lowest BCUT2D eigenvalue weighted by atomic mass is 9.48. The van der Waals surface area contributed by atoms with Gasteiger partial charge in [-0.2, -0.15) is 0 Å². The molecule has 0 heterocycles. The van der Waals surface area contributed by atoms with Crippen LogP contribution in [-0.2, 0) is 6.42 Å². The van der Waals surface area contributed by atoms with E-state index in [9.17, 15) is 5.11 Å². The first-order valence-electron chi connectivity index (χ1n) is 8.06. The number of hydrogen-bond donors (Lipinski definition) is 1. The van der Waals surface area contributed by atoms with Crippen LogP contribution in [0.5, 0.6) is 0 Å². The molecule has 108 valence electrons. The van der Waals surface area contributed by atoms with Gasteiger partial charge in [0.25, 0.3) is 0 Å². The van der Waals surface area contributed by atoms with E-state index in [1.807, 2.05) is 18.2 Å². The van der Waals surface area contributed by atoms with Gasteiger partial charge in [-0.3, -0.25) is 0 Å². The van der Waals surface area contributed by atoms with Gasteiger partial charge in [0.1, 0.15) is 0 Å². The molecule has 4 saturated carbocycles. The number of hydrogen-bond acceptors (Lipinski definition) is 1. The molecule has 1 unspecified atom stereocenters. The minimum atomic E-state index is -0.212. The van der Waals surface area contributed by atoms with Gasteiger partial charge < -0.3 is 5.11 Å². The molecule has 2 heteroatoms. The van der Waals surface area contributed by atoms with Crippen LogP contribution >= 0.6 is 11.6 Å². The molecule has 0 saturated heterocycles. The molecular formula is C18H23ClO. The Kier molecular flexibility index (Phi) is 3.12. The lowest BCUT2D eigenvalue weighted by Crippen LogP contribution is -2.52. The Morgan fingerprint density at radius 2 is 1.60 bits per heavy atom. The number of halogens is 1.